The third-order valence-corrected chi connectivity index (χ3v) is 7.72. The summed E-state index contributed by atoms with van der Waals surface area (Å²) in [4.78, 5) is 0. The van der Waals surface area contributed by atoms with Gasteiger partial charge in [0.1, 0.15) is 11.7 Å². The van der Waals surface area contributed by atoms with Crippen LogP contribution >= 0.6 is 0 Å². The maximum Gasteiger partial charge on any atom is 0.109 e. The molecule has 25 heavy (non-hydrogen) atoms. The molecule has 0 aromatic carbocycles. The van der Waals surface area contributed by atoms with Crippen molar-refractivity contribution in [3.63, 3.8) is 0 Å². The smallest absolute Gasteiger partial charge is 0.109 e. The average molecular weight is 354 g/mol. The lowest BCUT2D eigenvalue weighted by atomic mass is 9.41. The Morgan fingerprint density at radius 3 is 2.16 bits per heavy atom. The molecule has 0 aromatic heterocycles. The summed E-state index contributed by atoms with van der Waals surface area (Å²) in [5.74, 6) is -0.811. The molecule has 5 heteroatoms. The first kappa shape index (κ1) is 19.3. The van der Waals surface area contributed by atoms with Crippen LogP contribution in [0, 0.1) is 22.7 Å². The van der Waals surface area contributed by atoms with Crippen LogP contribution in [0.2, 0.25) is 0 Å². The van der Waals surface area contributed by atoms with E-state index in [4.69, 9.17) is 4.74 Å². The normalized spacial score (nSPS) is 58.1. The lowest BCUT2D eigenvalue weighted by Crippen LogP contribution is -2.78. The predicted octanol–water partition coefficient (Wildman–Crippen LogP) is 1.63. The van der Waals surface area contributed by atoms with Crippen molar-refractivity contribution in [1.82, 2.24) is 0 Å². The molecule has 5 nitrogen and oxygen atoms in total. The minimum Gasteiger partial charge on any atom is -0.393 e. The van der Waals surface area contributed by atoms with Crippen LogP contribution in [-0.4, -0.2) is 56.0 Å². The van der Waals surface area contributed by atoms with E-state index in [0.717, 1.165) is 6.42 Å². The zero-order valence-corrected chi connectivity index (χ0v) is 16.1. The molecule has 0 unspecified atom stereocenters. The number of rotatable bonds is 1. The standard InChI is InChI=1S/C20H34O5/c1-7-18(4)10-11(21)14-19(5)12(22)8-9-17(2,3)15(19)13(23)16(24)20(14,6)25-18/h7,11-16,21-24H,1,8-10H2,2-6H3/t11-,12-,13-,14+,15-,16-,18-,19+,20-/m0/s1. The van der Waals surface area contributed by atoms with Gasteiger partial charge in [0.15, 0.2) is 0 Å². The topological polar surface area (TPSA) is 90.2 Å². The first-order valence-corrected chi connectivity index (χ1v) is 9.39. The highest BCUT2D eigenvalue weighted by Gasteiger charge is 2.72. The predicted molar refractivity (Wildman–Crippen MR) is 94.8 cm³/mol. The van der Waals surface area contributed by atoms with Gasteiger partial charge in [-0.1, -0.05) is 26.8 Å². The number of ether oxygens (including phenoxy) is 1. The largest absolute Gasteiger partial charge is 0.393 e. The van der Waals surface area contributed by atoms with Gasteiger partial charge in [-0.2, -0.15) is 0 Å². The zero-order valence-electron chi connectivity index (χ0n) is 16.1. The van der Waals surface area contributed by atoms with Gasteiger partial charge >= 0.3 is 0 Å². The molecule has 2 saturated carbocycles. The highest BCUT2D eigenvalue weighted by molar-refractivity contribution is 5.21. The molecule has 144 valence electrons. The van der Waals surface area contributed by atoms with Crippen LogP contribution in [0.1, 0.15) is 53.9 Å². The van der Waals surface area contributed by atoms with E-state index in [1.165, 1.54) is 0 Å². The van der Waals surface area contributed by atoms with E-state index >= 15 is 0 Å². The summed E-state index contributed by atoms with van der Waals surface area (Å²) in [6.07, 6.45) is -0.223. The fourth-order valence-electron chi connectivity index (χ4n) is 6.70. The summed E-state index contributed by atoms with van der Waals surface area (Å²) < 4.78 is 6.30. The Morgan fingerprint density at radius 1 is 1.00 bits per heavy atom. The molecule has 0 amide bonds. The highest BCUT2D eigenvalue weighted by atomic mass is 16.5. The second-order valence-corrected chi connectivity index (χ2v) is 9.87. The number of hydrogen-bond donors (Lipinski definition) is 4. The van der Waals surface area contributed by atoms with E-state index in [0.29, 0.717) is 12.8 Å². The SMILES string of the molecule is C=C[C@@]1(C)C[C@H](O)[C@H]2[C@](C)(O1)[C@@H](O)[C@@H](O)[C@H]1C(C)(C)CC[C@H](O)[C@@]12C. The van der Waals surface area contributed by atoms with Gasteiger partial charge in [-0.25, -0.2) is 0 Å². The number of aliphatic hydroxyl groups is 4. The Kier molecular flexibility index (Phi) is 4.26. The van der Waals surface area contributed by atoms with Gasteiger partial charge in [0.25, 0.3) is 0 Å². The first-order valence-electron chi connectivity index (χ1n) is 9.39. The Balaban J connectivity index is 2.18. The molecule has 3 aliphatic rings. The first-order chi connectivity index (χ1) is 11.3. The third kappa shape index (κ3) is 2.39. The molecule has 1 saturated heterocycles. The Labute approximate surface area is 150 Å². The number of fused-ring (bicyclic) bond motifs is 3. The molecule has 0 spiro atoms. The van der Waals surface area contributed by atoms with Gasteiger partial charge in [-0.05, 0) is 32.1 Å². The second kappa shape index (κ2) is 5.52. The van der Waals surface area contributed by atoms with Crippen molar-refractivity contribution < 1.29 is 25.2 Å². The van der Waals surface area contributed by atoms with Crippen LogP contribution in [-0.2, 0) is 4.74 Å². The molecule has 4 N–H and O–H groups in total. The van der Waals surface area contributed by atoms with Gasteiger partial charge in [-0.15, -0.1) is 6.58 Å². The lowest BCUT2D eigenvalue weighted by molar-refractivity contribution is -0.352. The fourth-order valence-corrected chi connectivity index (χ4v) is 6.70. The van der Waals surface area contributed by atoms with Crippen molar-refractivity contribution >= 4 is 0 Å². The van der Waals surface area contributed by atoms with Gasteiger partial charge in [0.05, 0.1) is 23.9 Å². The van der Waals surface area contributed by atoms with Crippen molar-refractivity contribution in [2.75, 3.05) is 0 Å². The molecular weight excluding hydrogens is 320 g/mol. The van der Waals surface area contributed by atoms with Crippen molar-refractivity contribution in [3.8, 4) is 0 Å². The van der Waals surface area contributed by atoms with Gasteiger partial charge in [-0.3, -0.25) is 0 Å². The summed E-state index contributed by atoms with van der Waals surface area (Å²) in [5, 5.41) is 44.2. The van der Waals surface area contributed by atoms with Crippen LogP contribution in [0.5, 0.6) is 0 Å². The van der Waals surface area contributed by atoms with Crippen molar-refractivity contribution in [1.29, 1.82) is 0 Å². The molecule has 1 heterocycles. The van der Waals surface area contributed by atoms with Gasteiger partial charge in [0, 0.05) is 23.7 Å². The molecule has 3 rings (SSSR count). The van der Waals surface area contributed by atoms with Crippen molar-refractivity contribution in [2.45, 2.75) is 89.5 Å². The Bertz CT molecular complexity index is 562. The molecule has 0 bridgehead atoms. The monoisotopic (exact) mass is 354 g/mol. The van der Waals surface area contributed by atoms with Crippen LogP contribution < -0.4 is 0 Å². The Morgan fingerprint density at radius 2 is 1.60 bits per heavy atom. The van der Waals surface area contributed by atoms with E-state index in [1.807, 2.05) is 13.8 Å². The molecule has 0 aromatic rings. The van der Waals surface area contributed by atoms with Gasteiger partial charge < -0.3 is 25.2 Å². The number of hydrogen-bond acceptors (Lipinski definition) is 5. The molecule has 9 atom stereocenters. The lowest BCUT2D eigenvalue weighted by Gasteiger charge is -2.69. The second-order valence-electron chi connectivity index (χ2n) is 9.87. The fraction of sp³-hybridized carbons (Fsp3) is 0.900. The van der Waals surface area contributed by atoms with E-state index in [1.54, 1.807) is 13.0 Å². The van der Waals surface area contributed by atoms with E-state index in [9.17, 15) is 20.4 Å². The van der Waals surface area contributed by atoms with Crippen LogP contribution in [0.15, 0.2) is 12.7 Å². The summed E-state index contributed by atoms with van der Waals surface area (Å²) in [5.41, 5.74) is -2.96. The summed E-state index contributed by atoms with van der Waals surface area (Å²) in [7, 11) is 0. The minimum absolute atomic E-state index is 0.255. The summed E-state index contributed by atoms with van der Waals surface area (Å²) in [6.45, 7) is 13.5. The Hall–Kier alpha value is -0.460. The summed E-state index contributed by atoms with van der Waals surface area (Å²) >= 11 is 0. The van der Waals surface area contributed by atoms with Crippen molar-refractivity contribution in [2.24, 2.45) is 22.7 Å². The molecule has 0 radical (unpaired) electrons. The van der Waals surface area contributed by atoms with Crippen LogP contribution in [0.25, 0.3) is 0 Å². The van der Waals surface area contributed by atoms with E-state index in [2.05, 4.69) is 20.4 Å². The third-order valence-electron chi connectivity index (χ3n) is 7.72. The zero-order chi connectivity index (χ0) is 19.0. The van der Waals surface area contributed by atoms with Crippen LogP contribution in [0.4, 0.5) is 0 Å². The highest BCUT2D eigenvalue weighted by Crippen LogP contribution is 2.65. The van der Waals surface area contributed by atoms with E-state index < -0.39 is 47.0 Å². The van der Waals surface area contributed by atoms with Crippen LogP contribution in [0.3, 0.4) is 0 Å². The molecular formula is C20H34O5. The molecule has 3 fully saturated rings. The summed E-state index contributed by atoms with van der Waals surface area (Å²) in [6, 6.07) is 0. The number of aliphatic hydroxyl groups excluding tert-OH is 4. The van der Waals surface area contributed by atoms with Crippen molar-refractivity contribution in [3.05, 3.63) is 12.7 Å². The maximum absolute atomic E-state index is 11.1. The van der Waals surface area contributed by atoms with E-state index in [-0.39, 0.29) is 11.3 Å². The average Bonchev–Trinajstić information content (AvgIpc) is 2.48. The minimum atomic E-state index is -1.17. The molecule has 1 aliphatic heterocycles. The van der Waals surface area contributed by atoms with Gasteiger partial charge in [0.2, 0.25) is 0 Å². The molecule has 2 aliphatic carbocycles. The maximum atomic E-state index is 11.1. The quantitative estimate of drug-likeness (QED) is 0.537.